The van der Waals surface area contributed by atoms with Gasteiger partial charge in [0.2, 0.25) is 0 Å². The molecule has 0 fully saturated rings. The Balaban J connectivity index is 2.45. The van der Waals surface area contributed by atoms with E-state index in [0.717, 1.165) is 5.56 Å². The van der Waals surface area contributed by atoms with Crippen LogP contribution in [0, 0.1) is 19.7 Å². The molecule has 94 valence electrons. The first kappa shape index (κ1) is 12.7. The van der Waals surface area contributed by atoms with Crippen molar-refractivity contribution < 1.29 is 4.39 Å². The number of halogens is 1. The zero-order valence-corrected chi connectivity index (χ0v) is 10.9. The first-order valence-corrected chi connectivity index (χ1v) is 5.97. The van der Waals surface area contributed by atoms with Gasteiger partial charge >= 0.3 is 0 Å². The maximum Gasteiger partial charge on any atom is 0.146 e. The van der Waals surface area contributed by atoms with E-state index < -0.39 is 0 Å². The van der Waals surface area contributed by atoms with Gasteiger partial charge in [-0.25, -0.2) is 4.39 Å². The van der Waals surface area contributed by atoms with Crippen molar-refractivity contribution in [2.24, 2.45) is 0 Å². The Labute approximate surface area is 107 Å². The molecule has 1 aromatic carbocycles. The molecule has 2 aromatic rings. The van der Waals surface area contributed by atoms with E-state index in [0.29, 0.717) is 5.56 Å². The van der Waals surface area contributed by atoms with E-state index >= 15 is 0 Å². The lowest BCUT2D eigenvalue weighted by Crippen LogP contribution is -2.19. The van der Waals surface area contributed by atoms with E-state index in [-0.39, 0.29) is 11.9 Å². The van der Waals surface area contributed by atoms with Gasteiger partial charge in [0.1, 0.15) is 5.82 Å². The number of hydrogen-bond donors (Lipinski definition) is 1. The standard InChI is InChI=1S/C15H17FN2/c1-10-4-5-12(8-11(10)2)15(17-3)13-6-7-18-9-14(13)16/h4-9,15,17H,1-3H3. The first-order chi connectivity index (χ1) is 8.63. The Morgan fingerprint density at radius 1 is 1.17 bits per heavy atom. The highest BCUT2D eigenvalue weighted by atomic mass is 19.1. The monoisotopic (exact) mass is 244 g/mol. The summed E-state index contributed by atoms with van der Waals surface area (Å²) in [5.74, 6) is -0.282. The summed E-state index contributed by atoms with van der Waals surface area (Å²) in [6.45, 7) is 4.13. The van der Waals surface area contributed by atoms with Crippen molar-refractivity contribution >= 4 is 0 Å². The fourth-order valence-electron chi connectivity index (χ4n) is 2.07. The molecule has 0 saturated heterocycles. The van der Waals surface area contributed by atoms with E-state index in [9.17, 15) is 4.39 Å². The molecule has 1 atom stereocenters. The van der Waals surface area contributed by atoms with Crippen LogP contribution in [0.5, 0.6) is 0 Å². The summed E-state index contributed by atoms with van der Waals surface area (Å²) in [5.41, 5.74) is 4.13. The molecule has 0 aliphatic carbocycles. The highest BCUT2D eigenvalue weighted by Gasteiger charge is 2.16. The van der Waals surface area contributed by atoms with Crippen LogP contribution in [-0.2, 0) is 0 Å². The smallest absolute Gasteiger partial charge is 0.146 e. The lowest BCUT2D eigenvalue weighted by molar-refractivity contribution is 0.570. The Hall–Kier alpha value is -1.74. The molecule has 0 amide bonds. The quantitative estimate of drug-likeness (QED) is 0.897. The highest BCUT2D eigenvalue weighted by Crippen LogP contribution is 2.25. The number of pyridine rings is 1. The molecule has 0 radical (unpaired) electrons. The number of rotatable bonds is 3. The summed E-state index contributed by atoms with van der Waals surface area (Å²) in [7, 11) is 1.83. The van der Waals surface area contributed by atoms with E-state index in [1.54, 1.807) is 12.3 Å². The molecule has 0 aliphatic heterocycles. The van der Waals surface area contributed by atoms with Gasteiger partial charge in [-0.15, -0.1) is 0 Å². The number of nitrogens with zero attached hydrogens (tertiary/aromatic N) is 1. The van der Waals surface area contributed by atoms with E-state index in [4.69, 9.17) is 0 Å². The fraction of sp³-hybridized carbons (Fsp3) is 0.267. The molecule has 3 heteroatoms. The van der Waals surface area contributed by atoms with Gasteiger partial charge in [0, 0.05) is 11.8 Å². The molecule has 2 nitrogen and oxygen atoms in total. The molecule has 2 rings (SSSR count). The van der Waals surface area contributed by atoms with Crippen LogP contribution in [0.25, 0.3) is 0 Å². The van der Waals surface area contributed by atoms with Crippen LogP contribution in [-0.4, -0.2) is 12.0 Å². The molecule has 0 spiro atoms. The van der Waals surface area contributed by atoms with Gasteiger partial charge in [-0.05, 0) is 43.7 Å². The van der Waals surface area contributed by atoms with Gasteiger partial charge in [-0.1, -0.05) is 18.2 Å². The van der Waals surface area contributed by atoms with Crippen molar-refractivity contribution in [3.8, 4) is 0 Å². The van der Waals surface area contributed by atoms with Crippen molar-refractivity contribution in [3.05, 3.63) is 64.7 Å². The first-order valence-electron chi connectivity index (χ1n) is 5.97. The number of hydrogen-bond acceptors (Lipinski definition) is 2. The molecule has 0 bridgehead atoms. The third-order valence-electron chi connectivity index (χ3n) is 3.27. The van der Waals surface area contributed by atoms with Gasteiger partial charge in [0.05, 0.1) is 12.2 Å². The second-order valence-electron chi connectivity index (χ2n) is 4.46. The molecule has 1 heterocycles. The molecule has 0 saturated carbocycles. The van der Waals surface area contributed by atoms with Crippen molar-refractivity contribution in [2.45, 2.75) is 19.9 Å². The number of nitrogens with one attached hydrogen (secondary N) is 1. The number of aryl methyl sites for hydroxylation is 2. The highest BCUT2D eigenvalue weighted by molar-refractivity contribution is 5.36. The van der Waals surface area contributed by atoms with Gasteiger partial charge in [0.15, 0.2) is 0 Å². The maximum absolute atomic E-state index is 13.8. The molecule has 1 aromatic heterocycles. The summed E-state index contributed by atoms with van der Waals surface area (Å²) in [6, 6.07) is 7.76. The van der Waals surface area contributed by atoms with Crippen LogP contribution in [0.4, 0.5) is 4.39 Å². The van der Waals surface area contributed by atoms with Crippen LogP contribution in [0.2, 0.25) is 0 Å². The zero-order valence-electron chi connectivity index (χ0n) is 10.9. The SMILES string of the molecule is CNC(c1ccc(C)c(C)c1)c1ccncc1F. The topological polar surface area (TPSA) is 24.9 Å². The molecule has 1 N–H and O–H groups in total. The van der Waals surface area contributed by atoms with Crippen molar-refractivity contribution in [1.82, 2.24) is 10.3 Å². The van der Waals surface area contributed by atoms with Crippen LogP contribution >= 0.6 is 0 Å². The Morgan fingerprint density at radius 2 is 1.94 bits per heavy atom. The molecule has 18 heavy (non-hydrogen) atoms. The summed E-state index contributed by atoms with van der Waals surface area (Å²) in [4.78, 5) is 3.78. The Bertz CT molecular complexity index is 552. The van der Waals surface area contributed by atoms with Gasteiger partial charge in [0.25, 0.3) is 0 Å². The third-order valence-corrected chi connectivity index (χ3v) is 3.27. The van der Waals surface area contributed by atoms with Crippen LogP contribution in [0.1, 0.15) is 28.3 Å². The predicted molar refractivity (Wildman–Crippen MR) is 71.0 cm³/mol. The third kappa shape index (κ3) is 2.41. The Morgan fingerprint density at radius 3 is 2.56 bits per heavy atom. The lowest BCUT2D eigenvalue weighted by atomic mass is 9.96. The summed E-state index contributed by atoms with van der Waals surface area (Å²) >= 11 is 0. The second-order valence-corrected chi connectivity index (χ2v) is 4.46. The number of benzene rings is 1. The van der Waals surface area contributed by atoms with E-state index in [1.807, 2.05) is 13.1 Å². The molecular formula is C15H17FN2. The van der Waals surface area contributed by atoms with Crippen molar-refractivity contribution in [1.29, 1.82) is 0 Å². The molecular weight excluding hydrogens is 227 g/mol. The van der Waals surface area contributed by atoms with E-state index in [2.05, 4.69) is 36.3 Å². The van der Waals surface area contributed by atoms with Gasteiger partial charge in [-0.2, -0.15) is 0 Å². The average Bonchev–Trinajstić information content (AvgIpc) is 2.37. The van der Waals surface area contributed by atoms with Crippen LogP contribution in [0.3, 0.4) is 0 Å². The zero-order chi connectivity index (χ0) is 13.1. The minimum absolute atomic E-state index is 0.146. The lowest BCUT2D eigenvalue weighted by Gasteiger charge is -2.18. The van der Waals surface area contributed by atoms with Crippen LogP contribution < -0.4 is 5.32 Å². The van der Waals surface area contributed by atoms with E-state index in [1.165, 1.54) is 17.3 Å². The minimum Gasteiger partial charge on any atom is -0.309 e. The molecule has 1 unspecified atom stereocenters. The van der Waals surface area contributed by atoms with Crippen molar-refractivity contribution in [3.63, 3.8) is 0 Å². The normalized spacial score (nSPS) is 12.4. The second kappa shape index (κ2) is 5.27. The van der Waals surface area contributed by atoms with Gasteiger partial charge in [-0.3, -0.25) is 4.98 Å². The molecule has 0 aliphatic rings. The number of aromatic nitrogens is 1. The van der Waals surface area contributed by atoms with Gasteiger partial charge < -0.3 is 5.32 Å². The van der Waals surface area contributed by atoms with Crippen molar-refractivity contribution in [2.75, 3.05) is 7.05 Å². The summed E-state index contributed by atoms with van der Waals surface area (Å²) < 4.78 is 13.8. The Kier molecular flexibility index (Phi) is 3.72. The largest absolute Gasteiger partial charge is 0.309 e. The predicted octanol–water partition coefficient (Wildman–Crippen LogP) is 3.15. The average molecular weight is 244 g/mol. The summed E-state index contributed by atoms with van der Waals surface area (Å²) in [6.07, 6.45) is 2.87. The minimum atomic E-state index is -0.282. The van der Waals surface area contributed by atoms with Crippen LogP contribution in [0.15, 0.2) is 36.7 Å². The maximum atomic E-state index is 13.8. The summed E-state index contributed by atoms with van der Waals surface area (Å²) in [5, 5.41) is 3.15. The fourth-order valence-corrected chi connectivity index (χ4v) is 2.07.